The molecule has 1 atom stereocenters. The summed E-state index contributed by atoms with van der Waals surface area (Å²) in [6, 6.07) is 5.85. The van der Waals surface area contributed by atoms with E-state index in [0.29, 0.717) is 11.7 Å². The van der Waals surface area contributed by atoms with Gasteiger partial charge in [0.15, 0.2) is 0 Å². The first kappa shape index (κ1) is 13.1. The minimum Gasteiger partial charge on any atom is -0.508 e. The molecule has 0 spiro atoms. The Hall–Kier alpha value is -0.980. The van der Waals surface area contributed by atoms with Gasteiger partial charge in [0.25, 0.3) is 0 Å². The fraction of sp³-hybridized carbons (Fsp3) is 0.600. The Morgan fingerprint density at radius 3 is 2.62 bits per heavy atom. The number of unbranched alkanes of at least 4 members (excludes halogenated alkanes) is 3. The van der Waals surface area contributed by atoms with Gasteiger partial charge in [-0.05, 0) is 36.5 Å². The molecule has 1 nitrogen and oxygen atoms in total. The van der Waals surface area contributed by atoms with E-state index in [2.05, 4.69) is 19.9 Å². The summed E-state index contributed by atoms with van der Waals surface area (Å²) in [7, 11) is 0. The lowest BCUT2D eigenvalue weighted by molar-refractivity contribution is 0.468. The zero-order chi connectivity index (χ0) is 12.0. The summed E-state index contributed by atoms with van der Waals surface area (Å²) in [6.45, 7) is 6.50. The average molecular weight is 220 g/mol. The predicted octanol–water partition coefficient (Wildman–Crippen LogP) is 4.77. The van der Waals surface area contributed by atoms with Crippen LogP contribution < -0.4 is 0 Å². The molecule has 0 fully saturated rings. The number of aromatic hydroxyl groups is 1. The molecule has 0 saturated carbocycles. The molecule has 0 saturated heterocycles. The van der Waals surface area contributed by atoms with Gasteiger partial charge in [-0.2, -0.15) is 0 Å². The molecule has 0 aliphatic heterocycles. The normalized spacial score (nSPS) is 12.7. The Balaban J connectivity index is 2.52. The van der Waals surface area contributed by atoms with Crippen molar-refractivity contribution in [2.24, 2.45) is 0 Å². The van der Waals surface area contributed by atoms with Crippen LogP contribution in [-0.2, 0) is 0 Å². The van der Waals surface area contributed by atoms with Crippen molar-refractivity contribution < 1.29 is 5.11 Å². The molecule has 1 unspecified atom stereocenters. The summed E-state index contributed by atoms with van der Waals surface area (Å²) in [4.78, 5) is 0. The average Bonchev–Trinajstić information content (AvgIpc) is 2.28. The largest absolute Gasteiger partial charge is 0.508 e. The van der Waals surface area contributed by atoms with Crippen LogP contribution in [0, 0.1) is 6.92 Å². The number of hydrogen-bond donors (Lipinski definition) is 1. The molecule has 0 aliphatic rings. The van der Waals surface area contributed by atoms with E-state index in [4.69, 9.17) is 0 Å². The third kappa shape index (κ3) is 3.55. The summed E-state index contributed by atoms with van der Waals surface area (Å²) in [6.07, 6.45) is 6.48. The predicted molar refractivity (Wildman–Crippen MR) is 70.0 cm³/mol. The van der Waals surface area contributed by atoms with Gasteiger partial charge in [0.05, 0.1) is 0 Å². The molecule has 0 aliphatic carbocycles. The van der Waals surface area contributed by atoms with E-state index < -0.39 is 0 Å². The summed E-state index contributed by atoms with van der Waals surface area (Å²) >= 11 is 0. The number of phenols is 1. The minimum absolute atomic E-state index is 0.429. The standard InChI is InChI=1S/C15H24O/c1-4-5-6-7-9-12(2)14-10-8-11-15(16)13(14)3/h8,10-12,16H,4-7,9H2,1-3H3. The first-order valence-electron chi connectivity index (χ1n) is 6.45. The van der Waals surface area contributed by atoms with Crippen molar-refractivity contribution in [3.05, 3.63) is 29.3 Å². The third-order valence-corrected chi connectivity index (χ3v) is 3.37. The van der Waals surface area contributed by atoms with E-state index in [-0.39, 0.29) is 0 Å². The van der Waals surface area contributed by atoms with Gasteiger partial charge in [-0.1, -0.05) is 51.7 Å². The van der Waals surface area contributed by atoms with Crippen LogP contribution in [0.5, 0.6) is 5.75 Å². The van der Waals surface area contributed by atoms with Crippen LogP contribution in [0.3, 0.4) is 0 Å². The van der Waals surface area contributed by atoms with E-state index in [1.54, 1.807) is 6.07 Å². The zero-order valence-electron chi connectivity index (χ0n) is 10.8. The fourth-order valence-electron chi connectivity index (χ4n) is 2.21. The van der Waals surface area contributed by atoms with Crippen molar-refractivity contribution in [1.82, 2.24) is 0 Å². The smallest absolute Gasteiger partial charge is 0.118 e. The van der Waals surface area contributed by atoms with Gasteiger partial charge in [0.1, 0.15) is 5.75 Å². The van der Waals surface area contributed by atoms with Gasteiger partial charge < -0.3 is 5.11 Å². The van der Waals surface area contributed by atoms with Crippen molar-refractivity contribution in [1.29, 1.82) is 0 Å². The van der Waals surface area contributed by atoms with E-state index in [1.807, 2.05) is 13.0 Å². The van der Waals surface area contributed by atoms with Gasteiger partial charge in [0.2, 0.25) is 0 Å². The summed E-state index contributed by atoms with van der Waals surface area (Å²) < 4.78 is 0. The quantitative estimate of drug-likeness (QED) is 0.684. The second kappa shape index (κ2) is 6.57. The Kier molecular flexibility index (Phi) is 5.37. The molecule has 1 N–H and O–H groups in total. The second-order valence-electron chi connectivity index (χ2n) is 4.74. The number of benzene rings is 1. The van der Waals surface area contributed by atoms with Gasteiger partial charge in [0, 0.05) is 0 Å². The van der Waals surface area contributed by atoms with E-state index in [9.17, 15) is 5.11 Å². The van der Waals surface area contributed by atoms with Crippen LogP contribution in [-0.4, -0.2) is 5.11 Å². The maximum absolute atomic E-state index is 9.66. The number of hydrogen-bond acceptors (Lipinski definition) is 1. The summed E-state index contributed by atoms with van der Waals surface area (Å²) in [5.41, 5.74) is 2.35. The van der Waals surface area contributed by atoms with Gasteiger partial charge in [-0.15, -0.1) is 0 Å². The van der Waals surface area contributed by atoms with Crippen LogP contribution >= 0.6 is 0 Å². The molecule has 1 rings (SSSR count). The Morgan fingerprint density at radius 1 is 1.19 bits per heavy atom. The van der Waals surface area contributed by atoms with Crippen molar-refractivity contribution in [2.75, 3.05) is 0 Å². The van der Waals surface area contributed by atoms with Crippen LogP contribution in [0.25, 0.3) is 0 Å². The minimum atomic E-state index is 0.429. The van der Waals surface area contributed by atoms with Gasteiger partial charge >= 0.3 is 0 Å². The summed E-state index contributed by atoms with van der Waals surface area (Å²) in [5.74, 6) is 0.988. The first-order valence-corrected chi connectivity index (χ1v) is 6.45. The molecule has 0 amide bonds. The van der Waals surface area contributed by atoms with Crippen molar-refractivity contribution in [3.8, 4) is 5.75 Å². The molecule has 1 aromatic carbocycles. The van der Waals surface area contributed by atoms with E-state index >= 15 is 0 Å². The zero-order valence-corrected chi connectivity index (χ0v) is 10.8. The topological polar surface area (TPSA) is 20.2 Å². The molecule has 1 heteroatoms. The second-order valence-corrected chi connectivity index (χ2v) is 4.74. The van der Waals surface area contributed by atoms with Crippen LogP contribution in [0.2, 0.25) is 0 Å². The van der Waals surface area contributed by atoms with Gasteiger partial charge in [-0.25, -0.2) is 0 Å². The molecule has 16 heavy (non-hydrogen) atoms. The highest BCUT2D eigenvalue weighted by Crippen LogP contribution is 2.29. The van der Waals surface area contributed by atoms with E-state index in [1.165, 1.54) is 37.7 Å². The highest BCUT2D eigenvalue weighted by atomic mass is 16.3. The lowest BCUT2D eigenvalue weighted by Gasteiger charge is -2.15. The first-order chi connectivity index (χ1) is 7.66. The lowest BCUT2D eigenvalue weighted by Crippen LogP contribution is -1.97. The molecule has 0 aromatic heterocycles. The molecular formula is C15H24O. The number of rotatable bonds is 6. The lowest BCUT2D eigenvalue weighted by atomic mass is 9.91. The number of phenolic OH excluding ortho intramolecular Hbond substituents is 1. The molecule has 0 radical (unpaired) electrons. The summed E-state index contributed by atoms with van der Waals surface area (Å²) in [5, 5.41) is 9.66. The molecule has 1 aromatic rings. The molecule has 90 valence electrons. The van der Waals surface area contributed by atoms with E-state index in [0.717, 1.165) is 5.56 Å². The van der Waals surface area contributed by atoms with Crippen molar-refractivity contribution in [2.45, 2.75) is 58.8 Å². The molecule has 0 bridgehead atoms. The highest BCUT2D eigenvalue weighted by molar-refractivity contribution is 5.39. The van der Waals surface area contributed by atoms with Crippen LogP contribution in [0.4, 0.5) is 0 Å². The Labute approximate surface area is 99.5 Å². The monoisotopic (exact) mass is 220 g/mol. The maximum Gasteiger partial charge on any atom is 0.118 e. The van der Waals surface area contributed by atoms with Gasteiger partial charge in [-0.3, -0.25) is 0 Å². The molecular weight excluding hydrogens is 196 g/mol. The molecule has 0 heterocycles. The third-order valence-electron chi connectivity index (χ3n) is 3.37. The SMILES string of the molecule is CCCCCCC(C)c1cccc(O)c1C. The fourth-order valence-corrected chi connectivity index (χ4v) is 2.21. The van der Waals surface area contributed by atoms with Crippen LogP contribution in [0.1, 0.15) is 63.0 Å². The Bertz CT molecular complexity index is 317. The highest BCUT2D eigenvalue weighted by Gasteiger charge is 2.10. The maximum atomic E-state index is 9.66. The Morgan fingerprint density at radius 2 is 1.94 bits per heavy atom. The van der Waals surface area contributed by atoms with Crippen molar-refractivity contribution >= 4 is 0 Å². The van der Waals surface area contributed by atoms with Crippen molar-refractivity contribution in [3.63, 3.8) is 0 Å². The van der Waals surface area contributed by atoms with Crippen LogP contribution in [0.15, 0.2) is 18.2 Å².